The predicted molar refractivity (Wildman–Crippen MR) is 136 cm³/mol. The predicted octanol–water partition coefficient (Wildman–Crippen LogP) is 4.82. The molecule has 2 aliphatic rings. The second kappa shape index (κ2) is 8.55. The summed E-state index contributed by atoms with van der Waals surface area (Å²) in [7, 11) is 0. The van der Waals surface area contributed by atoms with Crippen molar-refractivity contribution in [1.29, 1.82) is 0 Å². The summed E-state index contributed by atoms with van der Waals surface area (Å²) in [5.41, 5.74) is 4.72. The molecule has 0 radical (unpaired) electrons. The number of fused-ring (bicyclic) bond motifs is 4. The molecule has 0 spiro atoms. The van der Waals surface area contributed by atoms with E-state index in [1.54, 1.807) is 6.20 Å². The van der Waals surface area contributed by atoms with Gasteiger partial charge in [0, 0.05) is 29.9 Å². The summed E-state index contributed by atoms with van der Waals surface area (Å²) >= 11 is 6.77. The molecule has 2 unspecified atom stereocenters. The van der Waals surface area contributed by atoms with Crippen molar-refractivity contribution in [3.63, 3.8) is 0 Å². The van der Waals surface area contributed by atoms with Crippen molar-refractivity contribution in [2.45, 2.75) is 37.9 Å². The van der Waals surface area contributed by atoms with Crippen LogP contribution in [0, 0.1) is 6.92 Å². The van der Waals surface area contributed by atoms with Crippen molar-refractivity contribution in [2.24, 2.45) is 0 Å². The van der Waals surface area contributed by atoms with Gasteiger partial charge in [0.15, 0.2) is 0 Å². The number of imidazole rings is 1. The monoisotopic (exact) mass is 501 g/mol. The van der Waals surface area contributed by atoms with E-state index in [0.717, 1.165) is 54.2 Å². The zero-order chi connectivity index (χ0) is 24.2. The fourth-order valence-corrected chi connectivity index (χ4v) is 5.49. The number of piperidine rings is 1. The first-order valence-corrected chi connectivity index (χ1v) is 12.4. The van der Waals surface area contributed by atoms with Gasteiger partial charge in [-0.1, -0.05) is 11.6 Å². The van der Waals surface area contributed by atoms with Crippen molar-refractivity contribution in [2.75, 3.05) is 13.2 Å². The van der Waals surface area contributed by atoms with Gasteiger partial charge < -0.3 is 19.8 Å². The minimum absolute atomic E-state index is 0.340. The number of nitrogens with one attached hydrogen (secondary N) is 2. The Morgan fingerprint density at radius 3 is 2.75 bits per heavy atom. The molecule has 182 valence electrons. The van der Waals surface area contributed by atoms with Gasteiger partial charge in [0.1, 0.15) is 27.9 Å². The summed E-state index contributed by atoms with van der Waals surface area (Å²) in [6.45, 7) is 3.44. The first kappa shape index (κ1) is 21.7. The van der Waals surface area contributed by atoms with Crippen molar-refractivity contribution in [1.82, 2.24) is 35.0 Å². The first-order chi connectivity index (χ1) is 17.6. The van der Waals surface area contributed by atoms with E-state index < -0.39 is 0 Å². The van der Waals surface area contributed by atoms with E-state index >= 15 is 0 Å². The van der Waals surface area contributed by atoms with Crippen LogP contribution in [0.15, 0.2) is 48.9 Å². The second-order valence-electron chi connectivity index (χ2n) is 9.54. The Hall–Kier alpha value is -3.53. The number of aromatic nitrogens is 6. The molecule has 2 saturated heterocycles. The van der Waals surface area contributed by atoms with E-state index in [0.29, 0.717) is 45.7 Å². The number of rotatable bonds is 4. The molecule has 10 heteroatoms. The lowest BCUT2D eigenvalue weighted by molar-refractivity contribution is 0.00855. The number of nitrogens with zero attached hydrogens (tertiary/aromatic N) is 5. The number of aryl methyl sites for hydroxylation is 1. The smallest absolute Gasteiger partial charge is 0.148 e. The van der Waals surface area contributed by atoms with Gasteiger partial charge in [-0.2, -0.15) is 5.10 Å². The van der Waals surface area contributed by atoms with Crippen LogP contribution in [0.5, 0.6) is 11.5 Å². The van der Waals surface area contributed by atoms with Crippen molar-refractivity contribution in [3.05, 3.63) is 59.8 Å². The van der Waals surface area contributed by atoms with Crippen LogP contribution in [0.1, 0.15) is 24.7 Å². The standard InChI is InChI=1S/C26H24ClN7O2/c1-14-30-20-3-2-19(8-22(20)31-14)36-24-5-4-21-26(25(24)27)33-23(10-28-21)15-9-29-34(11-15)18-6-16-12-35-13-17(7-18)32-16/h2-5,8-11,16-18,32H,6-7,12-13H2,1H3,(H,30,31). The van der Waals surface area contributed by atoms with Gasteiger partial charge in [-0.3, -0.25) is 9.67 Å². The molecule has 5 heterocycles. The largest absolute Gasteiger partial charge is 0.456 e. The normalized spacial score (nSPS) is 21.8. The zero-order valence-corrected chi connectivity index (χ0v) is 20.4. The molecule has 0 amide bonds. The van der Waals surface area contributed by atoms with E-state index in [1.807, 2.05) is 43.5 Å². The average molecular weight is 502 g/mol. The summed E-state index contributed by atoms with van der Waals surface area (Å²) in [5.74, 6) is 2.04. The third kappa shape index (κ3) is 3.89. The molecule has 36 heavy (non-hydrogen) atoms. The van der Waals surface area contributed by atoms with Crippen molar-refractivity contribution in [3.8, 4) is 22.8 Å². The highest BCUT2D eigenvalue weighted by Gasteiger charge is 2.33. The molecule has 5 aromatic rings. The van der Waals surface area contributed by atoms with Crippen LogP contribution in [-0.4, -0.2) is 55.0 Å². The average Bonchev–Trinajstić information content (AvgIpc) is 3.51. The summed E-state index contributed by atoms with van der Waals surface area (Å²) in [5, 5.41) is 8.71. The van der Waals surface area contributed by atoms with Crippen LogP contribution in [0.2, 0.25) is 5.02 Å². The Balaban J connectivity index is 1.18. The summed E-state index contributed by atoms with van der Waals surface area (Å²) in [6, 6.07) is 10.5. The van der Waals surface area contributed by atoms with Crippen LogP contribution < -0.4 is 10.1 Å². The topological polar surface area (TPSA) is 103 Å². The molecule has 3 aromatic heterocycles. The molecule has 2 atom stereocenters. The van der Waals surface area contributed by atoms with Crippen LogP contribution in [0.4, 0.5) is 0 Å². The summed E-state index contributed by atoms with van der Waals surface area (Å²) < 4.78 is 13.9. The minimum atomic E-state index is 0.340. The van der Waals surface area contributed by atoms with Crippen molar-refractivity contribution < 1.29 is 9.47 Å². The Morgan fingerprint density at radius 1 is 1.06 bits per heavy atom. The number of morpholine rings is 1. The van der Waals surface area contributed by atoms with Crippen LogP contribution in [-0.2, 0) is 4.74 Å². The number of ether oxygens (including phenoxy) is 2. The van der Waals surface area contributed by atoms with Gasteiger partial charge in [0.25, 0.3) is 0 Å². The third-order valence-electron chi connectivity index (χ3n) is 6.91. The highest BCUT2D eigenvalue weighted by Crippen LogP contribution is 2.36. The lowest BCUT2D eigenvalue weighted by atomic mass is 9.93. The zero-order valence-electron chi connectivity index (χ0n) is 19.6. The SMILES string of the molecule is Cc1nc2ccc(Oc3ccc4ncc(-c5cnn(C6CC7COCC(C6)N7)c5)nc4c3Cl)cc2[nH]1. The maximum absolute atomic E-state index is 6.77. The Labute approximate surface area is 211 Å². The fourth-order valence-electron chi connectivity index (χ4n) is 5.24. The molecule has 0 aliphatic carbocycles. The number of benzene rings is 2. The van der Waals surface area contributed by atoms with Crippen LogP contribution in [0.25, 0.3) is 33.3 Å². The number of hydrogen-bond donors (Lipinski definition) is 2. The Bertz CT molecular complexity index is 1580. The number of hydrogen-bond acceptors (Lipinski definition) is 7. The number of H-pyrrole nitrogens is 1. The first-order valence-electron chi connectivity index (χ1n) is 12.1. The van der Waals surface area contributed by atoms with E-state index in [9.17, 15) is 0 Å². The second-order valence-corrected chi connectivity index (χ2v) is 9.91. The number of aromatic amines is 1. The molecule has 2 fully saturated rings. The van der Waals surface area contributed by atoms with E-state index in [2.05, 4.69) is 36.2 Å². The molecule has 0 saturated carbocycles. The molecule has 7 rings (SSSR count). The van der Waals surface area contributed by atoms with Crippen LogP contribution in [0.3, 0.4) is 0 Å². The Kier molecular flexibility index (Phi) is 5.16. The molecular weight excluding hydrogens is 478 g/mol. The fraction of sp³-hybridized carbons (Fsp3) is 0.308. The molecule has 2 aromatic carbocycles. The molecule has 2 bridgehead atoms. The van der Waals surface area contributed by atoms with Gasteiger partial charge >= 0.3 is 0 Å². The lowest BCUT2D eigenvalue weighted by Crippen LogP contribution is -2.54. The third-order valence-corrected chi connectivity index (χ3v) is 7.28. The molecule has 9 nitrogen and oxygen atoms in total. The van der Waals surface area contributed by atoms with Gasteiger partial charge in [0.2, 0.25) is 0 Å². The highest BCUT2D eigenvalue weighted by molar-refractivity contribution is 6.36. The maximum atomic E-state index is 6.77. The lowest BCUT2D eigenvalue weighted by Gasteiger charge is -2.40. The summed E-state index contributed by atoms with van der Waals surface area (Å²) in [4.78, 5) is 17.1. The van der Waals surface area contributed by atoms with Crippen LogP contribution >= 0.6 is 11.6 Å². The quantitative estimate of drug-likeness (QED) is 0.364. The van der Waals surface area contributed by atoms with E-state index in [-0.39, 0.29) is 0 Å². The molecule has 2 N–H and O–H groups in total. The van der Waals surface area contributed by atoms with Crippen molar-refractivity contribution >= 4 is 33.7 Å². The van der Waals surface area contributed by atoms with Gasteiger partial charge in [-0.15, -0.1) is 0 Å². The van der Waals surface area contributed by atoms with Gasteiger partial charge in [-0.25, -0.2) is 9.97 Å². The summed E-state index contributed by atoms with van der Waals surface area (Å²) in [6.07, 6.45) is 7.66. The maximum Gasteiger partial charge on any atom is 0.148 e. The number of halogens is 1. The minimum Gasteiger partial charge on any atom is -0.456 e. The molecule has 2 aliphatic heterocycles. The Morgan fingerprint density at radius 2 is 1.89 bits per heavy atom. The van der Waals surface area contributed by atoms with Gasteiger partial charge in [-0.05, 0) is 44.0 Å². The van der Waals surface area contributed by atoms with Gasteiger partial charge in [0.05, 0.1) is 53.9 Å². The molecular formula is C26H24ClN7O2. The highest BCUT2D eigenvalue weighted by atomic mass is 35.5. The van der Waals surface area contributed by atoms with E-state index in [1.165, 1.54) is 0 Å². The van der Waals surface area contributed by atoms with E-state index in [4.69, 9.17) is 26.1 Å².